The number of halogens is 3. The van der Waals surface area contributed by atoms with Crippen molar-refractivity contribution < 1.29 is 70.4 Å². The quantitative estimate of drug-likeness (QED) is 0.0545. The van der Waals surface area contributed by atoms with Gasteiger partial charge in [0.15, 0.2) is 5.65 Å². The van der Waals surface area contributed by atoms with Crippen molar-refractivity contribution in [2.75, 3.05) is 84.5 Å². The summed E-state index contributed by atoms with van der Waals surface area (Å²) in [5.41, 5.74) is 1.41. The molecule has 68 heavy (non-hydrogen) atoms. The van der Waals surface area contributed by atoms with E-state index >= 15 is 0 Å². The Morgan fingerprint density at radius 1 is 0.765 bits per heavy atom. The lowest BCUT2D eigenvalue weighted by molar-refractivity contribution is -0.138. The van der Waals surface area contributed by atoms with Gasteiger partial charge in [-0.1, -0.05) is 6.07 Å². The van der Waals surface area contributed by atoms with Crippen LogP contribution in [0.5, 0.6) is 0 Å². The zero-order valence-electron chi connectivity index (χ0n) is 36.6. The van der Waals surface area contributed by atoms with Crippen molar-refractivity contribution in [3.63, 3.8) is 0 Å². The Morgan fingerprint density at radius 3 is 2.09 bits per heavy atom. The summed E-state index contributed by atoms with van der Waals surface area (Å²) in [4.78, 5) is 88.4. The summed E-state index contributed by atoms with van der Waals surface area (Å²) in [6.45, 7) is 1.30. The third kappa shape index (κ3) is 11.7. The molecule has 1 fully saturated rings. The van der Waals surface area contributed by atoms with Crippen molar-refractivity contribution in [2.24, 2.45) is 7.05 Å². The lowest BCUT2D eigenvalue weighted by atomic mass is 10.0. The zero-order valence-corrected chi connectivity index (χ0v) is 36.6. The maximum absolute atomic E-state index is 13.2. The van der Waals surface area contributed by atoms with Crippen molar-refractivity contribution >= 4 is 69.0 Å². The number of hydrogen-bond donors (Lipinski definition) is 4. The van der Waals surface area contributed by atoms with E-state index in [1.165, 1.54) is 30.3 Å². The summed E-state index contributed by atoms with van der Waals surface area (Å²) >= 11 is 0. The second-order valence-corrected chi connectivity index (χ2v) is 15.4. The third-order valence-corrected chi connectivity index (χ3v) is 10.7. The van der Waals surface area contributed by atoms with E-state index in [1.807, 2.05) is 0 Å². The van der Waals surface area contributed by atoms with E-state index in [1.54, 1.807) is 40.7 Å². The molecule has 20 nitrogen and oxygen atoms in total. The molecule has 0 aliphatic carbocycles. The number of imide groups is 2. The van der Waals surface area contributed by atoms with Crippen molar-refractivity contribution in [3.8, 4) is 5.69 Å². The van der Waals surface area contributed by atoms with Gasteiger partial charge in [0.1, 0.15) is 19.3 Å². The van der Waals surface area contributed by atoms with Crippen LogP contribution in [-0.4, -0.2) is 146 Å². The average molecular weight is 949 g/mol. The van der Waals surface area contributed by atoms with Crippen LogP contribution >= 0.6 is 0 Å². The summed E-state index contributed by atoms with van der Waals surface area (Å²) in [6, 6.07) is 13.1. The number of fused-ring (bicyclic) bond motifs is 4. The smallest absolute Gasteiger partial charge is 0.377 e. The van der Waals surface area contributed by atoms with Gasteiger partial charge in [-0.2, -0.15) is 18.3 Å². The van der Waals surface area contributed by atoms with Crippen LogP contribution in [0.25, 0.3) is 27.6 Å². The fraction of sp³-hybridized carbons (Fsp3) is 0.378. The van der Waals surface area contributed by atoms with Crippen molar-refractivity contribution in [3.05, 3.63) is 89.1 Å². The first-order valence-corrected chi connectivity index (χ1v) is 21.4. The van der Waals surface area contributed by atoms with Gasteiger partial charge >= 0.3 is 6.18 Å². The topological polar surface area (TPSA) is 240 Å². The number of carbonyl (C=O) groups excluding carboxylic acids is 7. The first-order chi connectivity index (χ1) is 32.7. The molecule has 0 saturated carbocycles. The Hall–Kier alpha value is -7.05. The molecule has 2 aliphatic rings. The number of piperidine rings is 1. The highest BCUT2D eigenvalue weighted by Gasteiger charge is 2.45. The molecule has 4 N–H and O–H groups in total. The average Bonchev–Trinajstić information content (AvgIpc) is 3.91. The molecular formula is C45H47F3N8O12. The number of benzene rings is 3. The first kappa shape index (κ1) is 48.9. The maximum atomic E-state index is 13.2. The lowest BCUT2D eigenvalue weighted by Crippen LogP contribution is -2.54. The van der Waals surface area contributed by atoms with Crippen LogP contribution in [0.1, 0.15) is 49.5 Å². The van der Waals surface area contributed by atoms with Crippen LogP contribution < -0.4 is 21.3 Å². The Morgan fingerprint density at radius 2 is 1.41 bits per heavy atom. The standard InChI is InChI=1S/C45H47F3N8O12/c1-54-24-32-31-23-27(5-10-34(31)55(40(32)53-54)29-8-6-28(7-9-29)45(46,47)48)41(60)50-14-16-65-18-17-64-15-13-49-37(58)25-67-21-19-66-20-22-68-26-38(59)51-33-4-2-3-30-39(33)44(63)56(43(30)62)35-11-12-36(57)52-42(35)61/h2-10,23-24,35H,11-22,25-26H2,1H3,(H,49,58)(H,50,60)(H,51,59)(H,52,57,61). The van der Waals surface area contributed by atoms with E-state index in [2.05, 4.69) is 26.4 Å². The van der Waals surface area contributed by atoms with Gasteiger partial charge in [0.25, 0.3) is 17.7 Å². The summed E-state index contributed by atoms with van der Waals surface area (Å²) in [5.74, 6) is -3.95. The monoisotopic (exact) mass is 948 g/mol. The molecule has 360 valence electrons. The van der Waals surface area contributed by atoms with E-state index in [0.29, 0.717) is 27.8 Å². The molecule has 0 bridgehead atoms. The number of aryl methyl sites for hydroxylation is 1. The van der Waals surface area contributed by atoms with E-state index < -0.39 is 47.3 Å². The minimum atomic E-state index is -4.46. The van der Waals surface area contributed by atoms with Gasteiger partial charge in [0, 0.05) is 54.8 Å². The Bertz CT molecular complexity index is 2700. The number of ether oxygens (including phenoxy) is 5. The highest BCUT2D eigenvalue weighted by atomic mass is 19.4. The summed E-state index contributed by atoms with van der Waals surface area (Å²) in [5, 5.41) is 16.1. The SMILES string of the molecule is Cn1cc2c3cc(C(=O)NCCOCCOCCNC(=O)COCCOCCOCC(=O)Nc4cccc5c4C(=O)N(C4CCC(=O)NC4=O)C5=O)ccc3n(-c3ccc(C(F)(F)F)cc3)c2n1. The van der Waals surface area contributed by atoms with Crippen LogP contribution in [-0.2, 0) is 56.1 Å². The predicted octanol–water partition coefficient (Wildman–Crippen LogP) is 2.50. The second kappa shape index (κ2) is 22.2. The second-order valence-electron chi connectivity index (χ2n) is 15.4. The molecule has 2 aromatic heterocycles. The Kier molecular flexibility index (Phi) is 15.9. The van der Waals surface area contributed by atoms with E-state index in [4.69, 9.17) is 23.7 Å². The van der Waals surface area contributed by atoms with Crippen molar-refractivity contribution in [1.29, 1.82) is 0 Å². The largest absolute Gasteiger partial charge is 0.416 e. The van der Waals surface area contributed by atoms with Gasteiger partial charge in [-0.05, 0) is 61.0 Å². The highest BCUT2D eigenvalue weighted by molar-refractivity contribution is 6.26. The van der Waals surface area contributed by atoms with Crippen LogP contribution in [0, 0.1) is 0 Å². The molecular weight excluding hydrogens is 902 g/mol. The molecule has 0 spiro atoms. The molecule has 23 heteroatoms. The zero-order chi connectivity index (χ0) is 48.4. The van der Waals surface area contributed by atoms with Crippen molar-refractivity contribution in [1.82, 2.24) is 35.2 Å². The number of rotatable bonds is 23. The number of aromatic nitrogens is 3. The molecule has 1 saturated heterocycles. The van der Waals surface area contributed by atoms with Crippen LogP contribution in [0.3, 0.4) is 0 Å². The highest BCUT2D eigenvalue weighted by Crippen LogP contribution is 2.35. The van der Waals surface area contributed by atoms with Gasteiger partial charge < -0.3 is 39.6 Å². The molecule has 7 rings (SSSR count). The van der Waals surface area contributed by atoms with E-state index in [0.717, 1.165) is 22.4 Å². The number of alkyl halides is 3. The number of hydrogen-bond acceptors (Lipinski definition) is 13. The number of amides is 7. The molecule has 7 amide bonds. The summed E-state index contributed by atoms with van der Waals surface area (Å²) in [6.07, 6.45) is -2.69. The predicted molar refractivity (Wildman–Crippen MR) is 234 cm³/mol. The van der Waals surface area contributed by atoms with Crippen LogP contribution in [0.4, 0.5) is 18.9 Å². The Labute approximate surface area is 385 Å². The molecule has 3 aromatic carbocycles. The molecule has 4 heterocycles. The van der Waals surface area contributed by atoms with Crippen LogP contribution in [0.15, 0.2) is 66.9 Å². The van der Waals surface area contributed by atoms with Gasteiger partial charge in [0.2, 0.25) is 23.6 Å². The number of nitrogens with zero attached hydrogens (tertiary/aromatic N) is 4. The lowest BCUT2D eigenvalue weighted by Gasteiger charge is -2.27. The number of carbonyl (C=O) groups is 7. The first-order valence-electron chi connectivity index (χ1n) is 21.4. The minimum absolute atomic E-state index is 0.00300. The van der Waals surface area contributed by atoms with E-state index in [-0.39, 0.29) is 121 Å². The summed E-state index contributed by atoms with van der Waals surface area (Å²) in [7, 11) is 1.74. The van der Waals surface area contributed by atoms with Crippen LogP contribution in [0.2, 0.25) is 0 Å². The molecule has 1 unspecified atom stereocenters. The number of anilines is 1. The minimum Gasteiger partial charge on any atom is -0.377 e. The normalized spacial score (nSPS) is 15.0. The van der Waals surface area contributed by atoms with Gasteiger partial charge in [-0.3, -0.25) is 53.0 Å². The molecule has 2 aliphatic heterocycles. The third-order valence-electron chi connectivity index (χ3n) is 10.7. The fourth-order valence-electron chi connectivity index (χ4n) is 7.54. The van der Waals surface area contributed by atoms with E-state index in [9.17, 15) is 46.7 Å². The van der Waals surface area contributed by atoms with Gasteiger partial charge in [-0.15, -0.1) is 0 Å². The van der Waals surface area contributed by atoms with Gasteiger partial charge in [0.05, 0.1) is 80.7 Å². The van der Waals surface area contributed by atoms with Crippen molar-refractivity contribution in [2.45, 2.75) is 25.1 Å². The maximum Gasteiger partial charge on any atom is 0.416 e. The Balaban J connectivity index is 0.690. The molecule has 5 aromatic rings. The molecule has 0 radical (unpaired) electrons. The van der Waals surface area contributed by atoms with Gasteiger partial charge in [-0.25, -0.2) is 0 Å². The molecule has 1 atom stereocenters. The summed E-state index contributed by atoms with van der Waals surface area (Å²) < 4.78 is 69.9. The fourth-order valence-corrected chi connectivity index (χ4v) is 7.54. The number of nitrogens with one attached hydrogen (secondary N) is 4.